The number of nitrogens with zero attached hydrogens (tertiary/aromatic N) is 2. The SMILES string of the molecule is CC(c1ccccc1)c1ccnc(-c2[c-]ccc(-c3ccccc3)c2)c1.Cc1c[c-]c(-c2ccc([Si](C)(C)C)cn2)c2sc3ccccc3c12.[Ir]. The second-order valence-corrected chi connectivity index (χ2v) is 19.9. The van der Waals surface area contributed by atoms with Crippen LogP contribution in [0.4, 0.5) is 0 Å². The molecule has 8 aromatic rings. The van der Waals surface area contributed by atoms with E-state index in [2.05, 4.69) is 178 Å². The third-order valence-corrected chi connectivity index (χ3v) is 12.5. The summed E-state index contributed by atoms with van der Waals surface area (Å²) in [6.07, 6.45) is 3.96. The van der Waals surface area contributed by atoms with E-state index in [-0.39, 0.29) is 20.1 Å². The molecule has 5 aromatic carbocycles. The standard InChI is InChI=1S/C25H20N.C21H20NSSi.Ir/c1-19(20-9-4-2-5-10-20)22-15-16-26-25(18-22)24-14-8-13-23(17-24)21-11-6-3-7-12-21;1-14-9-11-16(18-12-10-15(13-22-18)24(2,3)4)21-20(14)17-7-5-6-8-19(17)23-21;/h2-13,15-19H,1H3;5-10,12-13H,1-4H3;/q2*-1;. The van der Waals surface area contributed by atoms with Gasteiger partial charge in [-0.3, -0.25) is 0 Å². The van der Waals surface area contributed by atoms with E-state index in [9.17, 15) is 0 Å². The van der Waals surface area contributed by atoms with Crippen LogP contribution in [-0.4, -0.2) is 18.0 Å². The van der Waals surface area contributed by atoms with Gasteiger partial charge in [0.25, 0.3) is 0 Å². The number of fused-ring (bicyclic) bond motifs is 3. The van der Waals surface area contributed by atoms with E-state index in [0.717, 1.165) is 22.5 Å². The first-order valence-corrected chi connectivity index (χ1v) is 21.5. The van der Waals surface area contributed by atoms with Gasteiger partial charge in [0.1, 0.15) is 0 Å². The quantitative estimate of drug-likeness (QED) is 0.123. The number of aryl methyl sites for hydroxylation is 1. The molecule has 2 nitrogen and oxygen atoms in total. The molecule has 0 aliphatic carbocycles. The van der Waals surface area contributed by atoms with Crippen molar-refractivity contribution in [2.45, 2.75) is 39.4 Å². The predicted octanol–water partition coefficient (Wildman–Crippen LogP) is 12.1. The molecule has 0 fully saturated rings. The smallest absolute Gasteiger partial charge is 0.0795 e. The molecule has 51 heavy (non-hydrogen) atoms. The first kappa shape index (κ1) is 36.3. The van der Waals surface area contributed by atoms with Gasteiger partial charge in [-0.25, -0.2) is 0 Å². The Kier molecular flexibility index (Phi) is 11.2. The molecule has 0 aliphatic heterocycles. The van der Waals surface area contributed by atoms with Gasteiger partial charge in [0.15, 0.2) is 0 Å². The van der Waals surface area contributed by atoms with E-state index in [1.54, 1.807) is 0 Å². The van der Waals surface area contributed by atoms with Gasteiger partial charge in [-0.2, -0.15) is 11.3 Å². The predicted molar refractivity (Wildman–Crippen MR) is 217 cm³/mol. The van der Waals surface area contributed by atoms with Crippen LogP contribution in [0.1, 0.15) is 29.5 Å². The van der Waals surface area contributed by atoms with Gasteiger partial charge >= 0.3 is 0 Å². The summed E-state index contributed by atoms with van der Waals surface area (Å²) in [6.45, 7) is 11.5. The fourth-order valence-corrected chi connectivity index (χ4v) is 8.65. The summed E-state index contributed by atoms with van der Waals surface area (Å²) in [7, 11) is -1.32. The Hall–Kier alpha value is -4.51. The Labute approximate surface area is 320 Å². The third kappa shape index (κ3) is 8.03. The summed E-state index contributed by atoms with van der Waals surface area (Å²) in [5.74, 6) is 0.329. The number of hydrogen-bond donors (Lipinski definition) is 0. The molecule has 0 spiro atoms. The molecule has 8 rings (SSSR count). The first-order chi connectivity index (χ1) is 24.3. The van der Waals surface area contributed by atoms with E-state index < -0.39 is 8.07 Å². The number of pyridine rings is 2. The van der Waals surface area contributed by atoms with Crippen LogP contribution in [0.3, 0.4) is 0 Å². The molecule has 0 amide bonds. The molecular formula is C46H40IrN2SSi-2. The Balaban J connectivity index is 0.000000173. The van der Waals surface area contributed by atoms with Crippen molar-refractivity contribution >= 4 is 44.8 Å². The number of thiophene rings is 1. The van der Waals surface area contributed by atoms with Crippen LogP contribution in [0.5, 0.6) is 0 Å². The molecule has 255 valence electrons. The average Bonchev–Trinajstić information content (AvgIpc) is 3.56. The maximum absolute atomic E-state index is 4.78. The van der Waals surface area contributed by atoms with Crippen LogP contribution in [0.2, 0.25) is 19.6 Å². The molecule has 1 radical (unpaired) electrons. The largest absolute Gasteiger partial charge is 0.305 e. The van der Waals surface area contributed by atoms with Gasteiger partial charge in [0.05, 0.1) is 8.07 Å². The fraction of sp³-hybridized carbons (Fsp3) is 0.130. The molecular weight excluding hydrogens is 833 g/mol. The normalized spacial score (nSPS) is 11.8. The zero-order chi connectivity index (χ0) is 34.7. The summed E-state index contributed by atoms with van der Waals surface area (Å²) < 4.78 is 2.62. The van der Waals surface area contributed by atoms with Crippen molar-refractivity contribution in [3.05, 3.63) is 175 Å². The molecule has 0 N–H and O–H groups in total. The Bertz CT molecular complexity index is 2380. The van der Waals surface area contributed by atoms with Crippen LogP contribution in [0.15, 0.2) is 146 Å². The summed E-state index contributed by atoms with van der Waals surface area (Å²) in [4.78, 5) is 9.36. The van der Waals surface area contributed by atoms with Gasteiger partial charge in [-0.05, 0) is 55.5 Å². The summed E-state index contributed by atoms with van der Waals surface area (Å²) in [6, 6.07) is 53.5. The molecule has 0 aliphatic rings. The number of benzene rings is 5. The first-order valence-electron chi connectivity index (χ1n) is 17.1. The second kappa shape index (κ2) is 15.8. The molecule has 0 saturated carbocycles. The van der Waals surface area contributed by atoms with Crippen LogP contribution < -0.4 is 5.19 Å². The van der Waals surface area contributed by atoms with Gasteiger partial charge in [-0.1, -0.05) is 136 Å². The van der Waals surface area contributed by atoms with Gasteiger partial charge in [0, 0.05) is 43.1 Å². The monoisotopic (exact) mass is 873 g/mol. The molecule has 1 unspecified atom stereocenters. The van der Waals surface area contributed by atoms with Crippen molar-refractivity contribution in [1.29, 1.82) is 0 Å². The fourth-order valence-electron chi connectivity index (χ4n) is 6.33. The number of aromatic nitrogens is 2. The van der Waals surface area contributed by atoms with Crippen molar-refractivity contribution in [2.75, 3.05) is 0 Å². The van der Waals surface area contributed by atoms with Crippen molar-refractivity contribution in [1.82, 2.24) is 9.97 Å². The number of rotatable bonds is 6. The summed E-state index contributed by atoms with van der Waals surface area (Å²) in [5.41, 5.74) is 10.4. The van der Waals surface area contributed by atoms with Gasteiger partial charge in [0.2, 0.25) is 0 Å². The van der Waals surface area contributed by atoms with E-state index in [1.807, 2.05) is 29.7 Å². The van der Waals surface area contributed by atoms with Crippen molar-refractivity contribution in [2.24, 2.45) is 0 Å². The van der Waals surface area contributed by atoms with E-state index in [4.69, 9.17) is 4.98 Å². The van der Waals surface area contributed by atoms with Crippen molar-refractivity contribution in [3.8, 4) is 33.6 Å². The summed E-state index contributed by atoms with van der Waals surface area (Å²) >= 11 is 1.84. The van der Waals surface area contributed by atoms with E-state index in [1.165, 1.54) is 53.2 Å². The van der Waals surface area contributed by atoms with Crippen molar-refractivity contribution < 1.29 is 20.1 Å². The minimum atomic E-state index is -1.32. The second-order valence-electron chi connectivity index (χ2n) is 13.8. The summed E-state index contributed by atoms with van der Waals surface area (Å²) in [5, 5.41) is 4.08. The molecule has 3 heterocycles. The molecule has 5 heteroatoms. The molecule has 0 saturated heterocycles. The zero-order valence-corrected chi connectivity index (χ0v) is 33.8. The molecule has 1 atom stereocenters. The van der Waals surface area contributed by atoms with Gasteiger partial charge < -0.3 is 9.97 Å². The third-order valence-electron chi connectivity index (χ3n) is 9.30. The van der Waals surface area contributed by atoms with E-state index >= 15 is 0 Å². The topological polar surface area (TPSA) is 25.8 Å². The number of hydrogen-bond acceptors (Lipinski definition) is 3. The minimum absolute atomic E-state index is 0. The molecule has 0 bridgehead atoms. The van der Waals surface area contributed by atoms with Crippen molar-refractivity contribution in [3.63, 3.8) is 0 Å². The Morgan fingerprint density at radius 3 is 2.14 bits per heavy atom. The Morgan fingerprint density at radius 1 is 0.686 bits per heavy atom. The zero-order valence-electron chi connectivity index (χ0n) is 29.6. The Morgan fingerprint density at radius 2 is 1.41 bits per heavy atom. The minimum Gasteiger partial charge on any atom is -0.305 e. The maximum Gasteiger partial charge on any atom is 0.0795 e. The van der Waals surface area contributed by atoms with Crippen LogP contribution in [0, 0.1) is 19.1 Å². The van der Waals surface area contributed by atoms with Crippen LogP contribution in [0.25, 0.3) is 53.8 Å². The van der Waals surface area contributed by atoms with Crippen LogP contribution in [-0.2, 0) is 20.1 Å². The van der Waals surface area contributed by atoms with Gasteiger partial charge in [-0.15, -0.1) is 58.7 Å². The maximum atomic E-state index is 4.78. The molecule has 3 aromatic heterocycles. The van der Waals surface area contributed by atoms with E-state index in [0.29, 0.717) is 5.92 Å². The average molecular weight is 873 g/mol. The van der Waals surface area contributed by atoms with Crippen LogP contribution >= 0.6 is 11.3 Å².